The zero-order valence-corrected chi connectivity index (χ0v) is 16.6. The Hall–Kier alpha value is -2.25. The number of hydrogen-bond acceptors (Lipinski definition) is 5. The summed E-state index contributed by atoms with van der Waals surface area (Å²) in [5, 5.41) is 2.99. The average molecular weight is 432 g/mol. The molecule has 0 bridgehead atoms. The van der Waals surface area contributed by atoms with E-state index < -0.39 is 0 Å². The molecule has 0 aromatic heterocycles. The maximum absolute atomic E-state index is 12.3. The molecule has 0 aliphatic carbocycles. The van der Waals surface area contributed by atoms with Gasteiger partial charge in [0.05, 0.1) is 6.54 Å². The van der Waals surface area contributed by atoms with Gasteiger partial charge in [-0.3, -0.25) is 9.69 Å². The Morgan fingerprint density at radius 3 is 2.52 bits per heavy atom. The number of ether oxygens (including phenoxy) is 2. The van der Waals surface area contributed by atoms with Crippen LogP contribution in [0.1, 0.15) is 5.56 Å². The third kappa shape index (κ3) is 4.54. The Bertz CT molecular complexity index is 805. The first-order chi connectivity index (χ1) is 13.2. The number of fused-ring (bicyclic) bond motifs is 1. The van der Waals surface area contributed by atoms with Crippen LogP contribution in [0.15, 0.2) is 46.9 Å². The summed E-state index contributed by atoms with van der Waals surface area (Å²) in [5.41, 5.74) is 2.23. The number of benzene rings is 2. The summed E-state index contributed by atoms with van der Waals surface area (Å²) in [7, 11) is 0. The molecule has 27 heavy (non-hydrogen) atoms. The summed E-state index contributed by atoms with van der Waals surface area (Å²) in [6.45, 7) is 4.81. The fourth-order valence-electron chi connectivity index (χ4n) is 3.33. The van der Waals surface area contributed by atoms with Gasteiger partial charge in [0.2, 0.25) is 12.7 Å². The second-order valence-electron chi connectivity index (χ2n) is 6.70. The van der Waals surface area contributed by atoms with Crippen molar-refractivity contribution in [2.24, 2.45) is 0 Å². The molecule has 1 N–H and O–H groups in total. The number of nitrogens with zero attached hydrogens (tertiary/aromatic N) is 2. The molecule has 2 aliphatic heterocycles. The van der Waals surface area contributed by atoms with Gasteiger partial charge >= 0.3 is 0 Å². The first kappa shape index (κ1) is 18.1. The molecule has 2 aliphatic rings. The van der Waals surface area contributed by atoms with E-state index >= 15 is 0 Å². The Morgan fingerprint density at radius 1 is 1.00 bits per heavy atom. The topological polar surface area (TPSA) is 54.0 Å². The predicted octanol–water partition coefficient (Wildman–Crippen LogP) is 2.62. The van der Waals surface area contributed by atoms with Crippen molar-refractivity contribution >= 4 is 27.5 Å². The number of hydrogen-bond donors (Lipinski definition) is 1. The van der Waals surface area contributed by atoms with E-state index in [0.717, 1.165) is 47.7 Å². The maximum Gasteiger partial charge on any atom is 0.234 e. The monoisotopic (exact) mass is 431 g/mol. The van der Waals surface area contributed by atoms with E-state index in [1.165, 1.54) is 5.69 Å². The van der Waals surface area contributed by atoms with Crippen molar-refractivity contribution in [1.82, 2.24) is 10.2 Å². The summed E-state index contributed by atoms with van der Waals surface area (Å²) in [6.07, 6.45) is 0. The number of halogens is 1. The van der Waals surface area contributed by atoms with Crippen molar-refractivity contribution in [1.29, 1.82) is 0 Å². The molecule has 2 aromatic carbocycles. The summed E-state index contributed by atoms with van der Waals surface area (Å²) >= 11 is 3.47. The third-order valence-electron chi connectivity index (χ3n) is 4.86. The van der Waals surface area contributed by atoms with Gasteiger partial charge in [-0.1, -0.05) is 22.0 Å². The quantitative estimate of drug-likeness (QED) is 0.788. The van der Waals surface area contributed by atoms with E-state index in [9.17, 15) is 4.79 Å². The van der Waals surface area contributed by atoms with E-state index in [-0.39, 0.29) is 12.7 Å². The average Bonchev–Trinajstić information content (AvgIpc) is 3.15. The summed E-state index contributed by atoms with van der Waals surface area (Å²) in [4.78, 5) is 16.8. The third-order valence-corrected chi connectivity index (χ3v) is 5.39. The minimum absolute atomic E-state index is 0.0461. The number of rotatable bonds is 5. The SMILES string of the molecule is O=C(CN1CCN(c2ccc(Br)cc2)CC1)NCc1ccc2c(c1)OCO2. The number of piperazine rings is 1. The maximum atomic E-state index is 12.3. The molecular weight excluding hydrogens is 410 g/mol. The summed E-state index contributed by atoms with van der Waals surface area (Å²) in [6, 6.07) is 14.1. The second-order valence-corrected chi connectivity index (χ2v) is 7.62. The van der Waals surface area contributed by atoms with Crippen LogP contribution in [0.2, 0.25) is 0 Å². The van der Waals surface area contributed by atoms with Crippen LogP contribution in [0.3, 0.4) is 0 Å². The highest BCUT2D eigenvalue weighted by Gasteiger charge is 2.19. The van der Waals surface area contributed by atoms with Gasteiger partial charge in [0, 0.05) is 42.9 Å². The highest BCUT2D eigenvalue weighted by molar-refractivity contribution is 9.10. The molecule has 0 spiro atoms. The lowest BCUT2D eigenvalue weighted by atomic mass is 10.2. The van der Waals surface area contributed by atoms with Crippen molar-refractivity contribution in [2.75, 3.05) is 44.4 Å². The van der Waals surface area contributed by atoms with Crippen LogP contribution in [-0.4, -0.2) is 50.3 Å². The highest BCUT2D eigenvalue weighted by atomic mass is 79.9. The first-order valence-corrected chi connectivity index (χ1v) is 9.85. The van der Waals surface area contributed by atoms with Crippen LogP contribution in [0.25, 0.3) is 0 Å². The van der Waals surface area contributed by atoms with Crippen LogP contribution < -0.4 is 19.7 Å². The molecule has 4 rings (SSSR count). The highest BCUT2D eigenvalue weighted by Crippen LogP contribution is 2.32. The number of anilines is 1. The molecule has 0 radical (unpaired) electrons. The van der Waals surface area contributed by atoms with Gasteiger partial charge in [0.25, 0.3) is 0 Å². The molecule has 7 heteroatoms. The van der Waals surface area contributed by atoms with Gasteiger partial charge in [0.15, 0.2) is 11.5 Å². The Balaban J connectivity index is 1.22. The van der Waals surface area contributed by atoms with E-state index in [1.54, 1.807) is 0 Å². The van der Waals surface area contributed by atoms with Gasteiger partial charge in [-0.05, 0) is 42.0 Å². The molecule has 0 saturated carbocycles. The second kappa shape index (κ2) is 8.19. The number of nitrogens with one attached hydrogen (secondary N) is 1. The van der Waals surface area contributed by atoms with Crippen LogP contribution in [0, 0.1) is 0 Å². The molecule has 6 nitrogen and oxygen atoms in total. The van der Waals surface area contributed by atoms with E-state index in [2.05, 4.69) is 55.3 Å². The number of carbonyl (C=O) groups excluding carboxylic acids is 1. The molecule has 142 valence electrons. The van der Waals surface area contributed by atoms with Crippen LogP contribution >= 0.6 is 15.9 Å². The molecule has 1 amide bonds. The summed E-state index contributed by atoms with van der Waals surface area (Å²) < 4.78 is 11.8. The first-order valence-electron chi connectivity index (χ1n) is 9.05. The minimum atomic E-state index is 0.0461. The molecule has 2 aromatic rings. The van der Waals surface area contributed by atoms with Crippen molar-refractivity contribution in [3.63, 3.8) is 0 Å². The van der Waals surface area contributed by atoms with Crippen LogP contribution in [0.5, 0.6) is 11.5 Å². The van der Waals surface area contributed by atoms with Crippen molar-refractivity contribution in [3.8, 4) is 11.5 Å². The lowest BCUT2D eigenvalue weighted by Crippen LogP contribution is -2.49. The lowest BCUT2D eigenvalue weighted by molar-refractivity contribution is -0.122. The normalized spacial score (nSPS) is 16.4. The fourth-order valence-corrected chi connectivity index (χ4v) is 3.59. The molecule has 2 heterocycles. The largest absolute Gasteiger partial charge is 0.454 e. The van der Waals surface area contributed by atoms with Gasteiger partial charge in [0.1, 0.15) is 0 Å². The molecule has 1 saturated heterocycles. The Labute approximate surface area is 167 Å². The zero-order chi connectivity index (χ0) is 18.6. The summed E-state index contributed by atoms with van der Waals surface area (Å²) in [5.74, 6) is 1.55. The van der Waals surface area contributed by atoms with Crippen LogP contribution in [0.4, 0.5) is 5.69 Å². The van der Waals surface area contributed by atoms with Crippen molar-refractivity contribution < 1.29 is 14.3 Å². The van der Waals surface area contributed by atoms with Gasteiger partial charge in [-0.25, -0.2) is 0 Å². The zero-order valence-electron chi connectivity index (χ0n) is 15.0. The number of amides is 1. The van der Waals surface area contributed by atoms with E-state index in [0.29, 0.717) is 13.1 Å². The van der Waals surface area contributed by atoms with Crippen molar-refractivity contribution in [3.05, 3.63) is 52.5 Å². The van der Waals surface area contributed by atoms with E-state index in [4.69, 9.17) is 9.47 Å². The van der Waals surface area contributed by atoms with Crippen molar-refractivity contribution in [2.45, 2.75) is 6.54 Å². The van der Waals surface area contributed by atoms with E-state index in [1.807, 2.05) is 18.2 Å². The number of carbonyl (C=O) groups is 1. The molecule has 1 fully saturated rings. The van der Waals surface area contributed by atoms with Gasteiger partial charge in [-0.15, -0.1) is 0 Å². The Kier molecular flexibility index (Phi) is 5.50. The Morgan fingerprint density at radius 2 is 1.74 bits per heavy atom. The standard InChI is InChI=1S/C20H22BrN3O3/c21-16-2-4-17(5-3-16)24-9-7-23(8-10-24)13-20(25)22-12-15-1-6-18-19(11-15)27-14-26-18/h1-6,11H,7-10,12-14H2,(H,22,25). The van der Waals surface area contributed by atoms with Gasteiger partial charge < -0.3 is 19.7 Å². The minimum Gasteiger partial charge on any atom is -0.454 e. The predicted molar refractivity (Wildman–Crippen MR) is 107 cm³/mol. The molecule has 0 atom stereocenters. The molecular formula is C20H22BrN3O3. The lowest BCUT2D eigenvalue weighted by Gasteiger charge is -2.35. The molecule has 0 unspecified atom stereocenters. The fraction of sp³-hybridized carbons (Fsp3) is 0.350. The van der Waals surface area contributed by atoms with Gasteiger partial charge in [-0.2, -0.15) is 0 Å². The van der Waals surface area contributed by atoms with Crippen LogP contribution in [-0.2, 0) is 11.3 Å². The smallest absolute Gasteiger partial charge is 0.234 e.